The van der Waals surface area contributed by atoms with Gasteiger partial charge in [-0.3, -0.25) is 9.69 Å². The summed E-state index contributed by atoms with van der Waals surface area (Å²) in [4.78, 5) is 13.0. The van der Waals surface area contributed by atoms with Gasteiger partial charge in [0, 0.05) is 25.2 Å². The van der Waals surface area contributed by atoms with E-state index in [4.69, 9.17) is 15.6 Å². The summed E-state index contributed by atoms with van der Waals surface area (Å²) in [6.07, 6.45) is 0.389. The normalized spacial score (nSPS) is 23.5. The average Bonchev–Trinajstić information content (AvgIpc) is 2.73. The summed E-state index contributed by atoms with van der Waals surface area (Å²) in [5, 5.41) is 9.06. The Labute approximate surface area is 110 Å². The van der Waals surface area contributed by atoms with Gasteiger partial charge in [0.25, 0.3) is 0 Å². The zero-order chi connectivity index (χ0) is 14.0. The Hall–Kier alpha value is -1.66. The number of halogens is 1. The van der Waals surface area contributed by atoms with Gasteiger partial charge in [0.1, 0.15) is 17.1 Å². The van der Waals surface area contributed by atoms with Crippen molar-refractivity contribution in [3.05, 3.63) is 29.6 Å². The largest absolute Gasteiger partial charge is 0.496 e. The molecular formula is C13H17FN2O3. The first kappa shape index (κ1) is 13.8. The number of rotatable bonds is 4. The number of carboxylic acid groups (broad SMARTS) is 1. The van der Waals surface area contributed by atoms with Crippen molar-refractivity contribution >= 4 is 5.97 Å². The molecule has 1 saturated heterocycles. The van der Waals surface area contributed by atoms with E-state index in [1.807, 2.05) is 4.90 Å². The predicted molar refractivity (Wildman–Crippen MR) is 67.4 cm³/mol. The summed E-state index contributed by atoms with van der Waals surface area (Å²) in [6.45, 7) is 1.25. The highest BCUT2D eigenvalue weighted by molar-refractivity contribution is 5.79. The predicted octanol–water partition coefficient (Wildman–Crippen LogP) is 0.822. The number of likely N-dealkylation sites (tertiary alicyclic amines) is 1. The molecule has 0 radical (unpaired) electrons. The lowest BCUT2D eigenvalue weighted by Crippen LogP contribution is -2.50. The molecule has 1 heterocycles. The smallest absolute Gasteiger partial charge is 0.325 e. The van der Waals surface area contributed by atoms with E-state index in [1.165, 1.54) is 19.2 Å². The first-order valence-corrected chi connectivity index (χ1v) is 6.02. The molecule has 1 fully saturated rings. The fraction of sp³-hybridized carbons (Fsp3) is 0.462. The van der Waals surface area contributed by atoms with Crippen molar-refractivity contribution in [1.82, 2.24) is 4.90 Å². The molecule has 19 heavy (non-hydrogen) atoms. The second-order valence-corrected chi connectivity index (χ2v) is 4.88. The molecule has 6 heteroatoms. The van der Waals surface area contributed by atoms with Gasteiger partial charge in [-0.1, -0.05) is 0 Å². The van der Waals surface area contributed by atoms with Crippen LogP contribution >= 0.6 is 0 Å². The molecule has 0 aromatic heterocycles. The minimum absolute atomic E-state index is 0.252. The maximum atomic E-state index is 13.2. The number of carbonyl (C=O) groups is 1. The molecule has 0 bridgehead atoms. The number of benzene rings is 1. The van der Waals surface area contributed by atoms with Crippen LogP contribution in [0.2, 0.25) is 0 Å². The molecule has 1 atom stereocenters. The molecule has 104 valence electrons. The summed E-state index contributed by atoms with van der Waals surface area (Å²) in [5.74, 6) is -0.750. The van der Waals surface area contributed by atoms with E-state index in [0.717, 1.165) is 0 Å². The van der Waals surface area contributed by atoms with E-state index in [9.17, 15) is 9.18 Å². The lowest BCUT2D eigenvalue weighted by atomic mass is 10.0. The zero-order valence-electron chi connectivity index (χ0n) is 10.7. The van der Waals surface area contributed by atoms with Gasteiger partial charge in [-0.2, -0.15) is 0 Å². The summed E-state index contributed by atoms with van der Waals surface area (Å²) < 4.78 is 18.4. The van der Waals surface area contributed by atoms with Crippen LogP contribution in [0.5, 0.6) is 5.75 Å². The van der Waals surface area contributed by atoms with Crippen molar-refractivity contribution < 1.29 is 19.0 Å². The van der Waals surface area contributed by atoms with Crippen molar-refractivity contribution in [1.29, 1.82) is 0 Å². The standard InChI is InChI=1S/C13H17FN2O3/c1-19-11-3-2-10(14)6-9(11)7-16-5-4-13(15,8-16)12(17)18/h2-3,6H,4-5,7-8,15H2,1H3,(H,17,18). The highest BCUT2D eigenvalue weighted by atomic mass is 19.1. The zero-order valence-corrected chi connectivity index (χ0v) is 10.7. The summed E-state index contributed by atoms with van der Waals surface area (Å²) >= 11 is 0. The fourth-order valence-corrected chi connectivity index (χ4v) is 2.34. The van der Waals surface area contributed by atoms with Crippen molar-refractivity contribution in [2.75, 3.05) is 20.2 Å². The van der Waals surface area contributed by atoms with Crippen LogP contribution in [0.1, 0.15) is 12.0 Å². The maximum Gasteiger partial charge on any atom is 0.325 e. The molecule has 1 aromatic rings. The fourth-order valence-electron chi connectivity index (χ4n) is 2.34. The number of nitrogens with zero attached hydrogens (tertiary/aromatic N) is 1. The number of aliphatic carboxylic acids is 1. The van der Waals surface area contributed by atoms with Gasteiger partial charge in [0.2, 0.25) is 0 Å². The maximum absolute atomic E-state index is 13.2. The Morgan fingerprint density at radius 1 is 1.63 bits per heavy atom. The van der Waals surface area contributed by atoms with Crippen LogP contribution in [-0.2, 0) is 11.3 Å². The van der Waals surface area contributed by atoms with Gasteiger partial charge < -0.3 is 15.6 Å². The quantitative estimate of drug-likeness (QED) is 0.845. The molecular weight excluding hydrogens is 251 g/mol. The number of ether oxygens (including phenoxy) is 1. The molecule has 1 aromatic carbocycles. The number of hydrogen-bond donors (Lipinski definition) is 2. The Morgan fingerprint density at radius 2 is 2.37 bits per heavy atom. The van der Waals surface area contributed by atoms with Gasteiger partial charge >= 0.3 is 5.97 Å². The van der Waals surface area contributed by atoms with Crippen LogP contribution < -0.4 is 10.5 Å². The van der Waals surface area contributed by atoms with Gasteiger partial charge in [-0.15, -0.1) is 0 Å². The minimum atomic E-state index is -1.21. The molecule has 1 unspecified atom stereocenters. The third kappa shape index (κ3) is 2.85. The first-order chi connectivity index (χ1) is 8.94. The van der Waals surface area contributed by atoms with Crippen molar-refractivity contribution in [2.24, 2.45) is 5.73 Å². The number of carboxylic acids is 1. The van der Waals surface area contributed by atoms with Crippen LogP contribution in [-0.4, -0.2) is 41.7 Å². The highest BCUT2D eigenvalue weighted by Crippen LogP contribution is 2.25. The Bertz CT molecular complexity index is 495. The van der Waals surface area contributed by atoms with Crippen LogP contribution in [0.3, 0.4) is 0 Å². The summed E-state index contributed by atoms with van der Waals surface area (Å²) in [7, 11) is 1.52. The van der Waals surface area contributed by atoms with Gasteiger partial charge in [0.05, 0.1) is 7.11 Å². The van der Waals surface area contributed by atoms with E-state index in [2.05, 4.69) is 0 Å². The van der Waals surface area contributed by atoms with Gasteiger partial charge in [-0.05, 0) is 24.6 Å². The number of hydrogen-bond acceptors (Lipinski definition) is 4. The minimum Gasteiger partial charge on any atom is -0.496 e. The number of methoxy groups -OCH3 is 1. The van der Waals surface area contributed by atoms with Crippen LogP contribution in [0.4, 0.5) is 4.39 Å². The Morgan fingerprint density at radius 3 is 2.95 bits per heavy atom. The van der Waals surface area contributed by atoms with Gasteiger partial charge in [-0.25, -0.2) is 4.39 Å². The molecule has 1 aliphatic heterocycles. The van der Waals surface area contributed by atoms with E-state index in [1.54, 1.807) is 6.07 Å². The molecule has 5 nitrogen and oxygen atoms in total. The van der Waals surface area contributed by atoms with Crippen LogP contribution in [0.15, 0.2) is 18.2 Å². The molecule has 0 spiro atoms. The molecule has 2 rings (SSSR count). The van der Waals surface area contributed by atoms with Crippen molar-refractivity contribution in [3.63, 3.8) is 0 Å². The van der Waals surface area contributed by atoms with Gasteiger partial charge in [0.15, 0.2) is 0 Å². The monoisotopic (exact) mass is 268 g/mol. The Kier molecular flexibility index (Phi) is 3.73. The van der Waals surface area contributed by atoms with Crippen LogP contribution in [0.25, 0.3) is 0 Å². The third-order valence-corrected chi connectivity index (χ3v) is 3.44. The summed E-state index contributed by atoms with van der Waals surface area (Å²) in [5.41, 5.74) is 5.28. The Balaban J connectivity index is 2.11. The van der Waals surface area contributed by atoms with Crippen molar-refractivity contribution in [3.8, 4) is 5.75 Å². The highest BCUT2D eigenvalue weighted by Gasteiger charge is 2.41. The summed E-state index contributed by atoms with van der Waals surface area (Å²) in [6, 6.07) is 4.29. The van der Waals surface area contributed by atoms with E-state index >= 15 is 0 Å². The van der Waals surface area contributed by atoms with Crippen molar-refractivity contribution in [2.45, 2.75) is 18.5 Å². The molecule has 0 amide bonds. The SMILES string of the molecule is COc1ccc(F)cc1CN1CCC(N)(C(=O)O)C1. The first-order valence-electron chi connectivity index (χ1n) is 6.02. The molecule has 0 aliphatic carbocycles. The lowest BCUT2D eigenvalue weighted by molar-refractivity contribution is -0.142. The number of nitrogens with two attached hydrogens (primary N) is 1. The second kappa shape index (κ2) is 5.14. The topological polar surface area (TPSA) is 75.8 Å². The molecule has 3 N–H and O–H groups in total. The second-order valence-electron chi connectivity index (χ2n) is 4.88. The van der Waals surface area contributed by atoms with E-state index in [0.29, 0.717) is 30.8 Å². The van der Waals surface area contributed by atoms with E-state index in [-0.39, 0.29) is 12.4 Å². The van der Waals surface area contributed by atoms with E-state index < -0.39 is 11.5 Å². The lowest BCUT2D eigenvalue weighted by Gasteiger charge is -2.20. The molecule has 1 aliphatic rings. The average molecular weight is 268 g/mol. The molecule has 0 saturated carbocycles. The van der Waals surface area contributed by atoms with Crippen LogP contribution in [0, 0.1) is 5.82 Å². The third-order valence-electron chi connectivity index (χ3n) is 3.44.